The Balaban J connectivity index is 1.43. The molecule has 0 aromatic heterocycles. The summed E-state index contributed by atoms with van der Waals surface area (Å²) in [6.45, 7) is 1.78. The first-order valence-electron chi connectivity index (χ1n) is 11.0. The summed E-state index contributed by atoms with van der Waals surface area (Å²) in [5.74, 6) is -0.441. The van der Waals surface area contributed by atoms with Crippen molar-refractivity contribution in [3.05, 3.63) is 100 Å². The van der Waals surface area contributed by atoms with Gasteiger partial charge in [-0.25, -0.2) is 4.39 Å². The van der Waals surface area contributed by atoms with Crippen LogP contribution in [0.1, 0.15) is 34.3 Å². The van der Waals surface area contributed by atoms with Gasteiger partial charge < -0.3 is 9.80 Å². The molecular formula is C27H23FN2O2S. The Kier molecular flexibility index (Phi) is 6.01. The lowest BCUT2D eigenvalue weighted by Gasteiger charge is -2.30. The molecule has 0 spiro atoms. The third-order valence-electron chi connectivity index (χ3n) is 5.97. The molecule has 0 saturated carbocycles. The van der Waals surface area contributed by atoms with Gasteiger partial charge in [0.05, 0.1) is 17.1 Å². The van der Waals surface area contributed by atoms with E-state index in [0.717, 1.165) is 42.1 Å². The van der Waals surface area contributed by atoms with Crippen LogP contribution in [0.4, 0.5) is 10.1 Å². The first kappa shape index (κ1) is 21.5. The van der Waals surface area contributed by atoms with Crippen molar-refractivity contribution in [2.24, 2.45) is 0 Å². The Bertz CT molecular complexity index is 1230. The zero-order valence-corrected chi connectivity index (χ0v) is 18.9. The van der Waals surface area contributed by atoms with Gasteiger partial charge in [-0.05, 0) is 54.8 Å². The van der Waals surface area contributed by atoms with Crippen molar-refractivity contribution >= 4 is 35.3 Å². The molecule has 0 N–H and O–H groups in total. The molecule has 33 heavy (non-hydrogen) atoms. The van der Waals surface area contributed by atoms with Crippen molar-refractivity contribution in [1.29, 1.82) is 0 Å². The number of para-hydroxylation sites is 1. The normalized spacial score (nSPS) is 16.9. The monoisotopic (exact) mass is 458 g/mol. The van der Waals surface area contributed by atoms with Gasteiger partial charge in [0.2, 0.25) is 0 Å². The number of nitrogens with zero attached hydrogens (tertiary/aromatic N) is 2. The highest BCUT2D eigenvalue weighted by atomic mass is 32.2. The second-order valence-corrected chi connectivity index (χ2v) is 9.27. The number of rotatable bonds is 4. The average Bonchev–Trinajstić information content (AvgIpc) is 3.38. The number of thioether (sulfide) groups is 1. The van der Waals surface area contributed by atoms with Crippen molar-refractivity contribution in [3.63, 3.8) is 0 Å². The van der Waals surface area contributed by atoms with Gasteiger partial charge in [0, 0.05) is 29.1 Å². The molecule has 1 fully saturated rings. The van der Waals surface area contributed by atoms with Crippen LogP contribution in [0.3, 0.4) is 0 Å². The number of hydrogen-bond donors (Lipinski definition) is 0. The number of benzene rings is 3. The fraction of sp³-hybridized carbons (Fsp3) is 0.185. The van der Waals surface area contributed by atoms with Gasteiger partial charge in [0.15, 0.2) is 0 Å². The first-order valence-corrected chi connectivity index (χ1v) is 11.8. The lowest BCUT2D eigenvalue weighted by Crippen LogP contribution is -2.34. The van der Waals surface area contributed by atoms with Gasteiger partial charge in [-0.3, -0.25) is 9.59 Å². The molecule has 0 unspecified atom stereocenters. The summed E-state index contributed by atoms with van der Waals surface area (Å²) >= 11 is 1.41. The second kappa shape index (κ2) is 9.24. The first-order chi connectivity index (χ1) is 16.1. The van der Waals surface area contributed by atoms with E-state index in [1.54, 1.807) is 23.1 Å². The predicted octanol–water partition coefficient (Wildman–Crippen LogP) is 5.74. The van der Waals surface area contributed by atoms with Gasteiger partial charge in [-0.15, -0.1) is 0 Å². The quantitative estimate of drug-likeness (QED) is 0.468. The number of likely N-dealkylation sites (tertiary alicyclic amines) is 1. The van der Waals surface area contributed by atoms with Crippen molar-refractivity contribution in [2.45, 2.75) is 24.3 Å². The summed E-state index contributed by atoms with van der Waals surface area (Å²) in [6, 6.07) is 21.6. The highest BCUT2D eigenvalue weighted by Crippen LogP contribution is 2.42. The summed E-state index contributed by atoms with van der Waals surface area (Å²) in [5.41, 5.74) is 2.75. The molecule has 0 bridgehead atoms. The summed E-state index contributed by atoms with van der Waals surface area (Å²) in [5, 5.41) is 0. The minimum Gasteiger partial charge on any atom is -0.339 e. The van der Waals surface area contributed by atoms with E-state index in [1.165, 1.54) is 17.8 Å². The Morgan fingerprint density at radius 1 is 0.939 bits per heavy atom. The molecular weight excluding hydrogens is 435 g/mol. The van der Waals surface area contributed by atoms with Crippen LogP contribution < -0.4 is 4.90 Å². The molecule has 2 heterocycles. The molecule has 2 amide bonds. The van der Waals surface area contributed by atoms with Gasteiger partial charge in [0.1, 0.15) is 5.82 Å². The van der Waals surface area contributed by atoms with Crippen molar-refractivity contribution < 1.29 is 14.0 Å². The van der Waals surface area contributed by atoms with Crippen molar-refractivity contribution in [3.8, 4) is 0 Å². The maximum Gasteiger partial charge on any atom is 0.265 e. The number of hydrogen-bond acceptors (Lipinski definition) is 3. The highest BCUT2D eigenvalue weighted by Gasteiger charge is 2.29. The fourth-order valence-corrected chi connectivity index (χ4v) is 5.25. The van der Waals surface area contributed by atoms with E-state index in [4.69, 9.17) is 0 Å². The van der Waals surface area contributed by atoms with Crippen molar-refractivity contribution in [1.82, 2.24) is 4.90 Å². The molecule has 3 aromatic rings. The van der Waals surface area contributed by atoms with Gasteiger partial charge in [-0.2, -0.15) is 0 Å². The predicted molar refractivity (Wildman–Crippen MR) is 129 cm³/mol. The van der Waals surface area contributed by atoms with E-state index >= 15 is 0 Å². The minimum absolute atomic E-state index is 0.0554. The molecule has 166 valence electrons. The van der Waals surface area contributed by atoms with Crippen LogP contribution in [-0.2, 0) is 11.3 Å². The van der Waals surface area contributed by atoms with E-state index in [-0.39, 0.29) is 24.2 Å². The van der Waals surface area contributed by atoms with E-state index in [0.29, 0.717) is 16.0 Å². The summed E-state index contributed by atoms with van der Waals surface area (Å²) in [4.78, 5) is 31.0. The summed E-state index contributed by atoms with van der Waals surface area (Å²) in [6.07, 6.45) is 3.95. The third-order valence-corrected chi connectivity index (χ3v) is 7.04. The standard InChI is InChI=1S/C27H23FN2O2S/c28-22-8-2-1-7-21(22)18-30-23-9-3-4-10-24(23)33-25(27(30)32)17-19-11-13-20(14-12-19)26(31)29-15-5-6-16-29/h1-4,7-14,17H,5-6,15-16,18H2/b25-17-. The lowest BCUT2D eigenvalue weighted by molar-refractivity contribution is -0.114. The number of fused-ring (bicyclic) bond motifs is 1. The second-order valence-electron chi connectivity index (χ2n) is 8.18. The van der Waals surface area contributed by atoms with Crippen molar-refractivity contribution in [2.75, 3.05) is 18.0 Å². The number of carbonyl (C=O) groups is 2. The summed E-state index contributed by atoms with van der Waals surface area (Å²) in [7, 11) is 0. The van der Waals surface area contributed by atoms with E-state index in [2.05, 4.69) is 0 Å². The highest BCUT2D eigenvalue weighted by molar-refractivity contribution is 8.04. The number of halogens is 1. The maximum absolute atomic E-state index is 14.3. The number of anilines is 1. The van der Waals surface area contributed by atoms with Crippen LogP contribution >= 0.6 is 11.8 Å². The molecule has 0 radical (unpaired) electrons. The fourth-order valence-electron chi connectivity index (χ4n) is 4.19. The minimum atomic E-state index is -0.329. The summed E-state index contributed by atoms with van der Waals surface area (Å²) < 4.78 is 14.3. The maximum atomic E-state index is 14.3. The van der Waals surface area contributed by atoms with Gasteiger partial charge in [-0.1, -0.05) is 54.2 Å². The molecule has 3 aromatic carbocycles. The van der Waals surface area contributed by atoms with Gasteiger partial charge >= 0.3 is 0 Å². The molecule has 2 aliphatic rings. The Labute approximate surface area is 196 Å². The van der Waals surface area contributed by atoms with Crippen LogP contribution in [0, 0.1) is 5.82 Å². The van der Waals surface area contributed by atoms with E-state index in [9.17, 15) is 14.0 Å². The van der Waals surface area contributed by atoms with Crippen LogP contribution in [0.15, 0.2) is 82.6 Å². The van der Waals surface area contributed by atoms with Crippen LogP contribution in [-0.4, -0.2) is 29.8 Å². The molecule has 0 aliphatic carbocycles. The zero-order valence-electron chi connectivity index (χ0n) is 18.0. The number of amides is 2. The third kappa shape index (κ3) is 4.44. The zero-order chi connectivity index (χ0) is 22.8. The van der Waals surface area contributed by atoms with Crippen LogP contribution in [0.5, 0.6) is 0 Å². The topological polar surface area (TPSA) is 40.6 Å². The molecule has 6 heteroatoms. The largest absolute Gasteiger partial charge is 0.339 e. The SMILES string of the molecule is O=C(c1ccc(/C=C2\Sc3ccccc3N(Cc3ccccc3F)C2=O)cc1)N1CCCC1. The number of carbonyl (C=O) groups excluding carboxylic acids is 2. The van der Waals surface area contributed by atoms with E-state index < -0.39 is 0 Å². The molecule has 2 aliphatic heterocycles. The molecule has 4 nitrogen and oxygen atoms in total. The Hall–Kier alpha value is -3.38. The lowest BCUT2D eigenvalue weighted by atomic mass is 10.1. The average molecular weight is 459 g/mol. The molecule has 1 saturated heterocycles. The Morgan fingerprint density at radius 2 is 1.64 bits per heavy atom. The van der Waals surface area contributed by atoms with Crippen LogP contribution in [0.2, 0.25) is 0 Å². The smallest absolute Gasteiger partial charge is 0.265 e. The Morgan fingerprint density at radius 3 is 2.39 bits per heavy atom. The molecule has 5 rings (SSSR count). The van der Waals surface area contributed by atoms with Gasteiger partial charge in [0.25, 0.3) is 11.8 Å². The van der Waals surface area contributed by atoms with E-state index in [1.807, 2.05) is 59.5 Å². The van der Waals surface area contributed by atoms with Crippen LogP contribution in [0.25, 0.3) is 6.08 Å². The molecule has 0 atom stereocenters.